The Morgan fingerprint density at radius 3 is 2.83 bits per heavy atom. The van der Waals surface area contributed by atoms with Gasteiger partial charge in [0.05, 0.1) is 5.69 Å². The summed E-state index contributed by atoms with van der Waals surface area (Å²) in [6.07, 6.45) is 5.40. The van der Waals surface area contributed by atoms with Gasteiger partial charge in [0.25, 0.3) is 5.91 Å². The molecular formula is C17H23N5O2. The van der Waals surface area contributed by atoms with Crippen molar-refractivity contribution >= 4 is 11.9 Å². The summed E-state index contributed by atoms with van der Waals surface area (Å²) in [6, 6.07) is 1.86. The van der Waals surface area contributed by atoms with Gasteiger partial charge in [-0.2, -0.15) is 0 Å². The van der Waals surface area contributed by atoms with Gasteiger partial charge in [-0.15, -0.1) is 0 Å². The molecule has 0 saturated carbocycles. The summed E-state index contributed by atoms with van der Waals surface area (Å²) in [5.74, 6) is 1.36. The van der Waals surface area contributed by atoms with Gasteiger partial charge >= 0.3 is 0 Å². The molecule has 7 heteroatoms. The van der Waals surface area contributed by atoms with Gasteiger partial charge in [0, 0.05) is 37.4 Å². The highest BCUT2D eigenvalue weighted by atomic mass is 16.5. The number of carbonyl (C=O) groups is 1. The van der Waals surface area contributed by atoms with Crippen LogP contribution in [0, 0.1) is 6.92 Å². The predicted molar refractivity (Wildman–Crippen MR) is 90.1 cm³/mol. The second-order valence-corrected chi connectivity index (χ2v) is 6.47. The Labute approximate surface area is 141 Å². The van der Waals surface area contributed by atoms with Crippen LogP contribution < -0.4 is 10.2 Å². The highest BCUT2D eigenvalue weighted by Crippen LogP contribution is 2.23. The van der Waals surface area contributed by atoms with E-state index < -0.39 is 0 Å². The van der Waals surface area contributed by atoms with Gasteiger partial charge in [-0.05, 0) is 25.8 Å². The van der Waals surface area contributed by atoms with Crippen molar-refractivity contribution in [3.63, 3.8) is 0 Å². The molecule has 1 N–H and O–H groups in total. The number of amides is 1. The molecule has 3 heterocycles. The molecule has 2 aromatic rings. The van der Waals surface area contributed by atoms with Crippen molar-refractivity contribution in [2.45, 2.75) is 45.6 Å². The van der Waals surface area contributed by atoms with Crippen LogP contribution in [0.1, 0.15) is 54.4 Å². The van der Waals surface area contributed by atoms with E-state index in [1.54, 1.807) is 25.4 Å². The van der Waals surface area contributed by atoms with Crippen LogP contribution in [0.5, 0.6) is 0 Å². The second kappa shape index (κ2) is 6.98. The summed E-state index contributed by atoms with van der Waals surface area (Å²) in [5, 5.41) is 7.07. The third-order valence-electron chi connectivity index (χ3n) is 4.23. The maximum absolute atomic E-state index is 12.7. The molecule has 3 rings (SSSR count). The lowest BCUT2D eigenvalue weighted by molar-refractivity contribution is 0.0930. The first kappa shape index (κ1) is 16.4. The average Bonchev–Trinajstić information content (AvgIpc) is 2.98. The Hall–Kier alpha value is -2.44. The van der Waals surface area contributed by atoms with E-state index in [4.69, 9.17) is 4.52 Å². The molecule has 128 valence electrons. The molecule has 7 nitrogen and oxygen atoms in total. The Kier molecular flexibility index (Phi) is 4.78. The van der Waals surface area contributed by atoms with Gasteiger partial charge in [0.15, 0.2) is 5.76 Å². The molecule has 1 atom stereocenters. The summed E-state index contributed by atoms with van der Waals surface area (Å²) in [4.78, 5) is 23.4. The normalized spacial score (nSPS) is 18.0. The van der Waals surface area contributed by atoms with Gasteiger partial charge in [-0.1, -0.05) is 19.0 Å². The zero-order valence-corrected chi connectivity index (χ0v) is 14.3. The molecule has 0 aliphatic carbocycles. The van der Waals surface area contributed by atoms with E-state index in [0.29, 0.717) is 29.5 Å². The number of rotatable bonds is 4. The first-order chi connectivity index (χ1) is 11.6. The van der Waals surface area contributed by atoms with E-state index in [1.807, 2.05) is 13.8 Å². The summed E-state index contributed by atoms with van der Waals surface area (Å²) >= 11 is 0. The van der Waals surface area contributed by atoms with Gasteiger partial charge in [-0.3, -0.25) is 4.79 Å². The van der Waals surface area contributed by atoms with Crippen LogP contribution in [0.25, 0.3) is 0 Å². The van der Waals surface area contributed by atoms with E-state index in [9.17, 15) is 4.79 Å². The zero-order chi connectivity index (χ0) is 17.1. The largest absolute Gasteiger partial charge is 0.360 e. The van der Waals surface area contributed by atoms with Crippen molar-refractivity contribution in [3.8, 4) is 0 Å². The van der Waals surface area contributed by atoms with Crippen molar-refractivity contribution < 1.29 is 9.32 Å². The van der Waals surface area contributed by atoms with E-state index in [-0.39, 0.29) is 17.9 Å². The molecular weight excluding hydrogens is 306 g/mol. The summed E-state index contributed by atoms with van der Waals surface area (Å²) in [7, 11) is 0. The van der Waals surface area contributed by atoms with Crippen LogP contribution in [-0.4, -0.2) is 40.2 Å². The number of nitrogens with one attached hydrogen (secondary N) is 1. The third kappa shape index (κ3) is 3.39. The van der Waals surface area contributed by atoms with Crippen molar-refractivity contribution in [2.75, 3.05) is 18.0 Å². The first-order valence-electron chi connectivity index (χ1n) is 8.35. The Balaban J connectivity index is 1.70. The number of hydrogen-bond acceptors (Lipinski definition) is 6. The third-order valence-corrected chi connectivity index (χ3v) is 4.23. The highest BCUT2D eigenvalue weighted by Gasteiger charge is 2.27. The van der Waals surface area contributed by atoms with Gasteiger partial charge < -0.3 is 14.7 Å². The number of aryl methyl sites for hydroxylation is 1. The van der Waals surface area contributed by atoms with Crippen LogP contribution >= 0.6 is 0 Å². The Bertz CT molecular complexity index is 698. The maximum Gasteiger partial charge on any atom is 0.257 e. The smallest absolute Gasteiger partial charge is 0.257 e. The number of aromatic nitrogens is 3. The van der Waals surface area contributed by atoms with Crippen LogP contribution in [0.15, 0.2) is 23.0 Å². The fraction of sp³-hybridized carbons (Fsp3) is 0.529. The number of carbonyl (C=O) groups excluding carboxylic acids is 1. The molecule has 1 saturated heterocycles. The fourth-order valence-electron chi connectivity index (χ4n) is 3.05. The second-order valence-electron chi connectivity index (χ2n) is 6.47. The first-order valence-corrected chi connectivity index (χ1v) is 8.35. The highest BCUT2D eigenvalue weighted by molar-refractivity contribution is 5.96. The Morgan fingerprint density at radius 1 is 1.38 bits per heavy atom. The molecule has 1 aliphatic heterocycles. The van der Waals surface area contributed by atoms with Crippen LogP contribution in [-0.2, 0) is 0 Å². The van der Waals surface area contributed by atoms with E-state index >= 15 is 0 Å². The lowest BCUT2D eigenvalue weighted by Crippen LogP contribution is -2.48. The quantitative estimate of drug-likeness (QED) is 0.926. The summed E-state index contributed by atoms with van der Waals surface area (Å²) in [6.45, 7) is 7.39. The molecule has 1 fully saturated rings. The van der Waals surface area contributed by atoms with Crippen molar-refractivity contribution in [1.82, 2.24) is 20.4 Å². The lowest BCUT2D eigenvalue weighted by atomic mass is 10.0. The van der Waals surface area contributed by atoms with E-state index in [0.717, 1.165) is 19.4 Å². The molecule has 1 aliphatic rings. The molecule has 0 aromatic carbocycles. The van der Waals surface area contributed by atoms with Crippen LogP contribution in [0.2, 0.25) is 0 Å². The molecule has 24 heavy (non-hydrogen) atoms. The standard InChI is InChI=1S/C17H23N5O2/c1-11(2)15-14(12(3)21-24-15)16(23)20-13-6-4-9-22(10-13)17-18-7-5-8-19-17/h5,7-8,11,13H,4,6,9-10H2,1-3H3,(H,20,23). The number of hydrogen-bond donors (Lipinski definition) is 1. The summed E-state index contributed by atoms with van der Waals surface area (Å²) in [5.41, 5.74) is 1.20. The Morgan fingerprint density at radius 2 is 2.12 bits per heavy atom. The maximum atomic E-state index is 12.7. The number of nitrogens with zero attached hydrogens (tertiary/aromatic N) is 4. The molecule has 2 aromatic heterocycles. The molecule has 1 unspecified atom stereocenters. The fourth-order valence-corrected chi connectivity index (χ4v) is 3.05. The molecule has 0 radical (unpaired) electrons. The SMILES string of the molecule is Cc1noc(C(C)C)c1C(=O)NC1CCCN(c2ncccn2)C1. The van der Waals surface area contributed by atoms with E-state index in [1.165, 1.54) is 0 Å². The minimum atomic E-state index is -0.113. The van der Waals surface area contributed by atoms with Crippen LogP contribution in [0.3, 0.4) is 0 Å². The minimum absolute atomic E-state index is 0.0596. The van der Waals surface area contributed by atoms with Crippen LogP contribution in [0.4, 0.5) is 5.95 Å². The van der Waals surface area contributed by atoms with Crippen molar-refractivity contribution in [2.24, 2.45) is 0 Å². The molecule has 0 bridgehead atoms. The number of anilines is 1. The molecule has 1 amide bonds. The van der Waals surface area contributed by atoms with E-state index in [2.05, 4.69) is 25.3 Å². The topological polar surface area (TPSA) is 84.2 Å². The lowest BCUT2D eigenvalue weighted by Gasteiger charge is -2.33. The minimum Gasteiger partial charge on any atom is -0.360 e. The van der Waals surface area contributed by atoms with Crippen molar-refractivity contribution in [1.29, 1.82) is 0 Å². The van der Waals surface area contributed by atoms with Gasteiger partial charge in [-0.25, -0.2) is 9.97 Å². The predicted octanol–water partition coefficient (Wildman–Crippen LogP) is 2.30. The molecule has 0 spiro atoms. The average molecular weight is 329 g/mol. The zero-order valence-electron chi connectivity index (χ0n) is 14.3. The van der Waals surface area contributed by atoms with Gasteiger partial charge in [0.2, 0.25) is 5.95 Å². The van der Waals surface area contributed by atoms with Gasteiger partial charge in [0.1, 0.15) is 5.56 Å². The summed E-state index contributed by atoms with van der Waals surface area (Å²) < 4.78 is 5.32. The monoisotopic (exact) mass is 329 g/mol. The number of piperidine rings is 1. The van der Waals surface area contributed by atoms with Crippen molar-refractivity contribution in [3.05, 3.63) is 35.5 Å².